The molecule has 7 heteroatoms. The first-order chi connectivity index (χ1) is 11.2. The summed E-state index contributed by atoms with van der Waals surface area (Å²) in [5.74, 6) is 1.12. The average Bonchev–Trinajstić information content (AvgIpc) is 3.16. The van der Waals surface area contributed by atoms with Gasteiger partial charge in [-0.15, -0.1) is 10.2 Å². The van der Waals surface area contributed by atoms with Crippen molar-refractivity contribution in [2.75, 3.05) is 13.1 Å². The first-order valence-electron chi connectivity index (χ1n) is 8.05. The number of carbonyl (C=O) groups excluding carboxylic acids is 2. The monoisotopic (exact) mass is 313 g/mol. The molecule has 2 fully saturated rings. The van der Waals surface area contributed by atoms with Crippen LogP contribution in [0.1, 0.15) is 25.1 Å². The Morgan fingerprint density at radius 2 is 2.17 bits per heavy atom. The smallest absolute Gasteiger partial charge is 0.225 e. The summed E-state index contributed by atoms with van der Waals surface area (Å²) in [7, 11) is 0. The summed E-state index contributed by atoms with van der Waals surface area (Å²) in [6.07, 6.45) is 4.60. The molecule has 2 aromatic heterocycles. The van der Waals surface area contributed by atoms with Gasteiger partial charge in [0.15, 0.2) is 11.5 Å². The molecule has 4 rings (SSSR count). The van der Waals surface area contributed by atoms with Crippen molar-refractivity contribution in [2.45, 2.75) is 25.8 Å². The van der Waals surface area contributed by atoms with Crippen LogP contribution < -0.4 is 5.32 Å². The topological polar surface area (TPSA) is 79.6 Å². The summed E-state index contributed by atoms with van der Waals surface area (Å²) in [6.45, 7) is 1.68. The summed E-state index contributed by atoms with van der Waals surface area (Å²) < 4.78 is 1.85. The Labute approximate surface area is 133 Å². The molecule has 0 radical (unpaired) electrons. The van der Waals surface area contributed by atoms with E-state index >= 15 is 0 Å². The maximum Gasteiger partial charge on any atom is 0.225 e. The third kappa shape index (κ3) is 2.91. The number of hydrogen-bond donors (Lipinski definition) is 1. The molecule has 120 valence electrons. The highest BCUT2D eigenvalue weighted by molar-refractivity contribution is 5.89. The van der Waals surface area contributed by atoms with Crippen LogP contribution >= 0.6 is 0 Å². The van der Waals surface area contributed by atoms with Crippen molar-refractivity contribution in [1.82, 2.24) is 24.8 Å². The molecule has 0 unspecified atom stereocenters. The Morgan fingerprint density at radius 1 is 1.30 bits per heavy atom. The van der Waals surface area contributed by atoms with Crippen molar-refractivity contribution in [3.8, 4) is 0 Å². The van der Waals surface area contributed by atoms with Gasteiger partial charge < -0.3 is 10.2 Å². The molecule has 1 aliphatic heterocycles. The van der Waals surface area contributed by atoms with Crippen LogP contribution in [0, 0.1) is 11.8 Å². The van der Waals surface area contributed by atoms with Crippen molar-refractivity contribution >= 4 is 17.5 Å². The second kappa shape index (κ2) is 5.64. The number of pyridine rings is 1. The molecule has 23 heavy (non-hydrogen) atoms. The minimum atomic E-state index is -0.250. The number of carbonyl (C=O) groups is 2. The standard InChI is InChI=1S/C16H19N5O2/c22-15-7-12(10-20(15)9-11-4-5-11)16(23)17-8-14-19-18-13-3-1-2-6-21(13)14/h1-3,6,11-12H,4-5,7-10H2,(H,17,23)/t12-/m0/s1. The van der Waals surface area contributed by atoms with Gasteiger partial charge in [-0.25, -0.2) is 0 Å². The average molecular weight is 313 g/mol. The van der Waals surface area contributed by atoms with Gasteiger partial charge in [-0.1, -0.05) is 6.07 Å². The predicted molar refractivity (Wildman–Crippen MR) is 82.2 cm³/mol. The van der Waals surface area contributed by atoms with Gasteiger partial charge in [-0.05, 0) is 30.9 Å². The van der Waals surface area contributed by atoms with Crippen molar-refractivity contribution in [3.63, 3.8) is 0 Å². The lowest BCUT2D eigenvalue weighted by Gasteiger charge is -2.15. The van der Waals surface area contributed by atoms with Gasteiger partial charge in [0.2, 0.25) is 11.8 Å². The molecule has 1 saturated heterocycles. The van der Waals surface area contributed by atoms with E-state index in [9.17, 15) is 9.59 Å². The van der Waals surface area contributed by atoms with Gasteiger partial charge in [0.05, 0.1) is 12.5 Å². The van der Waals surface area contributed by atoms with Gasteiger partial charge in [-0.3, -0.25) is 14.0 Å². The number of hydrogen-bond acceptors (Lipinski definition) is 4. The SMILES string of the molecule is O=C(NCc1nnc2ccccn12)[C@H]1CC(=O)N(CC2CC2)C1. The Balaban J connectivity index is 1.35. The summed E-state index contributed by atoms with van der Waals surface area (Å²) in [6, 6.07) is 5.65. The molecular weight excluding hydrogens is 294 g/mol. The fourth-order valence-corrected chi connectivity index (χ4v) is 3.06. The summed E-state index contributed by atoms with van der Waals surface area (Å²) in [5.41, 5.74) is 0.753. The third-order valence-corrected chi connectivity index (χ3v) is 4.57. The van der Waals surface area contributed by atoms with Crippen LogP contribution in [0.2, 0.25) is 0 Å². The fraction of sp³-hybridized carbons (Fsp3) is 0.500. The molecule has 1 aliphatic carbocycles. The summed E-state index contributed by atoms with van der Waals surface area (Å²) in [4.78, 5) is 26.1. The van der Waals surface area contributed by atoms with Gasteiger partial charge in [0.1, 0.15) is 0 Å². The number of nitrogens with zero attached hydrogens (tertiary/aromatic N) is 4. The number of amides is 2. The Morgan fingerprint density at radius 3 is 3.00 bits per heavy atom. The molecule has 1 N–H and O–H groups in total. The normalized spacial score (nSPS) is 21.1. The van der Waals surface area contributed by atoms with E-state index < -0.39 is 0 Å². The number of likely N-dealkylation sites (tertiary alicyclic amines) is 1. The van der Waals surface area contributed by atoms with Gasteiger partial charge in [0.25, 0.3) is 0 Å². The Hall–Kier alpha value is -2.44. The Kier molecular flexibility index (Phi) is 3.48. The molecule has 2 aliphatic rings. The molecule has 0 aromatic carbocycles. The van der Waals surface area contributed by atoms with Crippen LogP contribution in [0.15, 0.2) is 24.4 Å². The molecule has 2 aromatic rings. The second-order valence-electron chi connectivity index (χ2n) is 6.41. The minimum Gasteiger partial charge on any atom is -0.348 e. The highest BCUT2D eigenvalue weighted by Gasteiger charge is 2.37. The van der Waals surface area contributed by atoms with E-state index in [0.717, 1.165) is 12.2 Å². The molecule has 3 heterocycles. The molecular formula is C16H19N5O2. The van der Waals surface area contributed by atoms with Gasteiger partial charge >= 0.3 is 0 Å². The fourth-order valence-electron chi connectivity index (χ4n) is 3.06. The number of aromatic nitrogens is 3. The Bertz CT molecular complexity index is 752. The van der Waals surface area contributed by atoms with Crippen LogP contribution in [0.4, 0.5) is 0 Å². The van der Waals surface area contributed by atoms with Crippen LogP contribution in [-0.4, -0.2) is 44.4 Å². The van der Waals surface area contributed by atoms with Crippen LogP contribution in [-0.2, 0) is 16.1 Å². The van der Waals surface area contributed by atoms with E-state index in [2.05, 4.69) is 15.5 Å². The van der Waals surface area contributed by atoms with Crippen molar-refractivity contribution < 1.29 is 9.59 Å². The molecule has 0 spiro atoms. The van der Waals surface area contributed by atoms with Crippen molar-refractivity contribution in [1.29, 1.82) is 0 Å². The zero-order valence-corrected chi connectivity index (χ0v) is 12.8. The molecule has 0 bridgehead atoms. The second-order valence-corrected chi connectivity index (χ2v) is 6.41. The first-order valence-corrected chi connectivity index (χ1v) is 8.05. The highest BCUT2D eigenvalue weighted by atomic mass is 16.2. The van der Waals surface area contributed by atoms with Crippen LogP contribution in [0.3, 0.4) is 0 Å². The van der Waals surface area contributed by atoms with Crippen LogP contribution in [0.25, 0.3) is 5.65 Å². The maximum atomic E-state index is 12.3. The van der Waals surface area contributed by atoms with Gasteiger partial charge in [-0.2, -0.15) is 0 Å². The third-order valence-electron chi connectivity index (χ3n) is 4.57. The maximum absolute atomic E-state index is 12.3. The summed E-state index contributed by atoms with van der Waals surface area (Å²) in [5, 5.41) is 11.0. The lowest BCUT2D eigenvalue weighted by Crippen LogP contribution is -2.33. The predicted octanol–water partition coefficient (Wildman–Crippen LogP) is 0.604. The van der Waals surface area contributed by atoms with E-state index in [1.807, 2.05) is 33.7 Å². The zero-order chi connectivity index (χ0) is 15.8. The van der Waals surface area contributed by atoms with E-state index in [1.54, 1.807) is 0 Å². The number of nitrogens with one attached hydrogen (secondary N) is 1. The number of fused-ring (bicyclic) bond motifs is 1. The highest BCUT2D eigenvalue weighted by Crippen LogP contribution is 2.31. The lowest BCUT2D eigenvalue weighted by atomic mass is 10.1. The molecule has 1 atom stereocenters. The van der Waals surface area contributed by atoms with Gasteiger partial charge in [0, 0.05) is 25.7 Å². The van der Waals surface area contributed by atoms with E-state index in [1.165, 1.54) is 12.8 Å². The van der Waals surface area contributed by atoms with Crippen molar-refractivity contribution in [2.24, 2.45) is 11.8 Å². The minimum absolute atomic E-state index is 0.0793. The number of rotatable bonds is 5. The van der Waals surface area contributed by atoms with E-state index in [-0.39, 0.29) is 17.7 Å². The summed E-state index contributed by atoms with van der Waals surface area (Å²) >= 11 is 0. The largest absolute Gasteiger partial charge is 0.348 e. The first kappa shape index (κ1) is 14.2. The zero-order valence-electron chi connectivity index (χ0n) is 12.8. The molecule has 7 nitrogen and oxygen atoms in total. The van der Waals surface area contributed by atoms with E-state index in [4.69, 9.17) is 0 Å². The molecule has 2 amide bonds. The quantitative estimate of drug-likeness (QED) is 0.877. The van der Waals surface area contributed by atoms with E-state index in [0.29, 0.717) is 31.3 Å². The van der Waals surface area contributed by atoms with Crippen LogP contribution in [0.5, 0.6) is 0 Å². The van der Waals surface area contributed by atoms with Crippen molar-refractivity contribution in [3.05, 3.63) is 30.2 Å². The lowest BCUT2D eigenvalue weighted by molar-refractivity contribution is -0.129. The molecule has 1 saturated carbocycles.